The molecule has 5 nitrogen and oxygen atoms in total. The van der Waals surface area contributed by atoms with Gasteiger partial charge in [-0.15, -0.1) is 0 Å². The molecule has 0 saturated carbocycles. The van der Waals surface area contributed by atoms with E-state index in [9.17, 15) is 23.2 Å². The Bertz CT molecular complexity index is 1200. The molecular formula is C19H12Cl4O5S. The predicted octanol–water partition coefficient (Wildman–Crippen LogP) is 5.89. The van der Waals surface area contributed by atoms with Gasteiger partial charge in [0, 0.05) is 16.1 Å². The first-order valence-electron chi connectivity index (χ1n) is 7.90. The van der Waals surface area contributed by atoms with E-state index in [1.54, 1.807) is 0 Å². The van der Waals surface area contributed by atoms with Gasteiger partial charge in [-0.2, -0.15) is 8.42 Å². The van der Waals surface area contributed by atoms with Gasteiger partial charge in [-0.05, 0) is 35.9 Å². The first kappa shape index (κ1) is 22.0. The average molecular weight is 494 g/mol. The summed E-state index contributed by atoms with van der Waals surface area (Å²) in [6, 6.07) is 11.9. The molecule has 0 aromatic heterocycles. The first-order chi connectivity index (χ1) is 13.5. The Morgan fingerprint density at radius 3 is 2.00 bits per heavy atom. The summed E-state index contributed by atoms with van der Waals surface area (Å²) >= 11 is 24.6. The maximum Gasteiger partial charge on any atom is 0.283 e. The Kier molecular flexibility index (Phi) is 5.98. The lowest BCUT2D eigenvalue weighted by atomic mass is 9.83. The molecule has 3 rings (SSSR count). The molecule has 3 N–H and O–H groups in total. The maximum atomic E-state index is 13.0. The van der Waals surface area contributed by atoms with E-state index in [2.05, 4.69) is 0 Å². The molecule has 0 aliphatic carbocycles. The molecule has 29 heavy (non-hydrogen) atoms. The molecule has 0 spiro atoms. The van der Waals surface area contributed by atoms with Crippen molar-refractivity contribution in [2.75, 3.05) is 0 Å². The summed E-state index contributed by atoms with van der Waals surface area (Å²) in [5, 5.41) is 20.5. The molecule has 3 aromatic rings. The van der Waals surface area contributed by atoms with E-state index < -0.39 is 31.9 Å². The number of benzene rings is 3. The van der Waals surface area contributed by atoms with Crippen molar-refractivity contribution in [3.63, 3.8) is 0 Å². The number of rotatable bonds is 4. The molecule has 0 aliphatic rings. The molecule has 152 valence electrons. The minimum absolute atomic E-state index is 0.00178. The van der Waals surface area contributed by atoms with Crippen molar-refractivity contribution in [1.29, 1.82) is 0 Å². The standard InChI is InChI=1S/C19H12Cl4O5S/c20-11-6-4-10(5-7-11)19(29(26,27)28,12-2-1-3-14(22)17(12)23)16-13(21)8-9-15(24)18(16)25/h1-9,24-25H,(H,26,27,28). The van der Waals surface area contributed by atoms with Crippen molar-refractivity contribution in [3.05, 3.63) is 91.4 Å². The zero-order valence-corrected chi connectivity index (χ0v) is 18.1. The highest BCUT2D eigenvalue weighted by Gasteiger charge is 2.53. The molecule has 0 heterocycles. The quantitative estimate of drug-likeness (QED) is 0.239. The van der Waals surface area contributed by atoms with Crippen LogP contribution >= 0.6 is 46.4 Å². The van der Waals surface area contributed by atoms with E-state index >= 15 is 0 Å². The molecule has 10 heteroatoms. The molecule has 1 unspecified atom stereocenters. The van der Waals surface area contributed by atoms with Gasteiger partial charge in [0.2, 0.25) is 0 Å². The summed E-state index contributed by atoms with van der Waals surface area (Å²) in [7, 11) is -5.14. The smallest absolute Gasteiger partial charge is 0.283 e. The van der Waals surface area contributed by atoms with Crippen molar-refractivity contribution in [3.8, 4) is 11.5 Å². The summed E-state index contributed by atoms with van der Waals surface area (Å²) in [6.07, 6.45) is 0. The van der Waals surface area contributed by atoms with Gasteiger partial charge in [0.25, 0.3) is 10.1 Å². The van der Waals surface area contributed by atoms with Crippen molar-refractivity contribution in [1.82, 2.24) is 0 Å². The average Bonchev–Trinajstić information content (AvgIpc) is 2.65. The summed E-state index contributed by atoms with van der Waals surface area (Å²) in [5.41, 5.74) is -0.719. The number of phenols is 2. The van der Waals surface area contributed by atoms with E-state index in [-0.39, 0.29) is 26.2 Å². The number of aromatic hydroxyl groups is 2. The Balaban J connectivity index is 2.65. The predicted molar refractivity (Wildman–Crippen MR) is 114 cm³/mol. The van der Waals surface area contributed by atoms with Crippen LogP contribution in [0.2, 0.25) is 20.1 Å². The number of hydrogen-bond acceptors (Lipinski definition) is 4. The number of halogens is 4. The summed E-state index contributed by atoms with van der Waals surface area (Å²) in [6.45, 7) is 0. The third-order valence-electron chi connectivity index (χ3n) is 4.43. The Morgan fingerprint density at radius 2 is 1.41 bits per heavy atom. The highest BCUT2D eigenvalue weighted by atomic mass is 35.5. The van der Waals surface area contributed by atoms with Crippen LogP contribution in [0.3, 0.4) is 0 Å². The fourth-order valence-electron chi connectivity index (χ4n) is 3.20. The minimum atomic E-state index is -5.14. The molecular weight excluding hydrogens is 482 g/mol. The fourth-order valence-corrected chi connectivity index (χ4v) is 5.52. The second-order valence-electron chi connectivity index (χ2n) is 6.05. The Hall–Kier alpha value is -1.67. The van der Waals surface area contributed by atoms with Gasteiger partial charge in [-0.1, -0.05) is 70.7 Å². The van der Waals surface area contributed by atoms with Crippen LogP contribution in [0.5, 0.6) is 11.5 Å². The largest absolute Gasteiger partial charge is 0.504 e. The van der Waals surface area contributed by atoms with Crippen LogP contribution in [-0.4, -0.2) is 23.2 Å². The van der Waals surface area contributed by atoms with Crippen molar-refractivity contribution < 1.29 is 23.2 Å². The van der Waals surface area contributed by atoms with Crippen LogP contribution in [0.25, 0.3) is 0 Å². The lowest BCUT2D eigenvalue weighted by Crippen LogP contribution is -2.39. The molecule has 0 aliphatic heterocycles. The molecule has 0 fully saturated rings. The van der Waals surface area contributed by atoms with Gasteiger partial charge in [-0.3, -0.25) is 4.55 Å². The van der Waals surface area contributed by atoms with Crippen LogP contribution in [0, 0.1) is 0 Å². The summed E-state index contributed by atoms with van der Waals surface area (Å²) < 4.78 is 33.9. The summed E-state index contributed by atoms with van der Waals surface area (Å²) in [4.78, 5) is 0. The van der Waals surface area contributed by atoms with Crippen LogP contribution < -0.4 is 0 Å². The first-order valence-corrected chi connectivity index (χ1v) is 10.9. The van der Waals surface area contributed by atoms with E-state index in [4.69, 9.17) is 46.4 Å². The van der Waals surface area contributed by atoms with Crippen LogP contribution in [0.15, 0.2) is 54.6 Å². The van der Waals surface area contributed by atoms with Gasteiger partial charge in [-0.25, -0.2) is 0 Å². The van der Waals surface area contributed by atoms with Crippen LogP contribution in [-0.2, 0) is 14.9 Å². The lowest BCUT2D eigenvalue weighted by Gasteiger charge is -2.34. The highest BCUT2D eigenvalue weighted by Crippen LogP contribution is 2.54. The maximum absolute atomic E-state index is 13.0. The van der Waals surface area contributed by atoms with Gasteiger partial charge < -0.3 is 10.2 Å². The molecule has 0 amide bonds. The molecule has 3 aromatic carbocycles. The Morgan fingerprint density at radius 1 is 0.793 bits per heavy atom. The van der Waals surface area contributed by atoms with E-state index in [0.29, 0.717) is 5.02 Å². The minimum Gasteiger partial charge on any atom is -0.504 e. The molecule has 0 saturated heterocycles. The lowest BCUT2D eigenvalue weighted by molar-refractivity contribution is 0.394. The van der Waals surface area contributed by atoms with Crippen LogP contribution in [0.1, 0.15) is 16.7 Å². The highest BCUT2D eigenvalue weighted by molar-refractivity contribution is 7.87. The van der Waals surface area contributed by atoms with Crippen molar-refractivity contribution in [2.24, 2.45) is 0 Å². The second-order valence-corrected chi connectivity index (χ2v) is 9.25. The van der Waals surface area contributed by atoms with E-state index in [0.717, 1.165) is 6.07 Å². The van der Waals surface area contributed by atoms with Gasteiger partial charge in [0.05, 0.1) is 15.1 Å². The fraction of sp³-hybridized carbons (Fsp3) is 0.0526. The molecule has 0 bridgehead atoms. The third kappa shape index (κ3) is 3.54. The topological polar surface area (TPSA) is 94.8 Å². The van der Waals surface area contributed by atoms with Gasteiger partial charge >= 0.3 is 0 Å². The van der Waals surface area contributed by atoms with Crippen molar-refractivity contribution in [2.45, 2.75) is 4.75 Å². The number of phenolic OH excluding ortho intramolecular Hbond substituents is 2. The molecule has 1 atom stereocenters. The molecule has 0 radical (unpaired) electrons. The normalized spacial score (nSPS) is 13.8. The summed E-state index contributed by atoms with van der Waals surface area (Å²) in [5.74, 6) is -1.49. The zero-order chi connectivity index (χ0) is 21.6. The monoisotopic (exact) mass is 492 g/mol. The zero-order valence-electron chi connectivity index (χ0n) is 14.3. The van der Waals surface area contributed by atoms with Gasteiger partial charge in [0.1, 0.15) is 0 Å². The Labute approximate surface area is 186 Å². The third-order valence-corrected chi connectivity index (χ3v) is 7.25. The van der Waals surface area contributed by atoms with E-state index in [1.165, 1.54) is 48.5 Å². The van der Waals surface area contributed by atoms with Gasteiger partial charge in [0.15, 0.2) is 16.2 Å². The number of hydrogen-bond donors (Lipinski definition) is 3. The van der Waals surface area contributed by atoms with Crippen LogP contribution in [0.4, 0.5) is 0 Å². The van der Waals surface area contributed by atoms with E-state index in [1.807, 2.05) is 0 Å². The second kappa shape index (κ2) is 7.87. The SMILES string of the molecule is O=S(=O)(O)C(c1ccc(Cl)cc1)(c1cccc(Cl)c1Cl)c1c(Cl)ccc(O)c1O. The van der Waals surface area contributed by atoms with Crippen molar-refractivity contribution >= 4 is 56.5 Å².